The van der Waals surface area contributed by atoms with Gasteiger partial charge in [-0.3, -0.25) is 4.79 Å². The number of carbonyl (C=O) groups is 1. The number of hydrogen-bond donors (Lipinski definition) is 1. The van der Waals surface area contributed by atoms with E-state index in [1.54, 1.807) is 18.4 Å². The van der Waals surface area contributed by atoms with Gasteiger partial charge in [0.15, 0.2) is 5.76 Å². The van der Waals surface area contributed by atoms with E-state index in [0.717, 1.165) is 12.3 Å². The molecule has 0 saturated heterocycles. The summed E-state index contributed by atoms with van der Waals surface area (Å²) >= 11 is 0. The van der Waals surface area contributed by atoms with E-state index in [1.165, 1.54) is 12.8 Å². The average molecular weight is 247 g/mol. The van der Waals surface area contributed by atoms with Crippen molar-refractivity contribution in [2.45, 2.75) is 46.1 Å². The highest BCUT2D eigenvalue weighted by molar-refractivity contribution is 5.91. The number of carbonyl (C=O) groups excluding carboxylic acids is 1. The minimum absolute atomic E-state index is 0.0745. The van der Waals surface area contributed by atoms with Gasteiger partial charge in [0.25, 0.3) is 5.91 Å². The van der Waals surface area contributed by atoms with Gasteiger partial charge in [-0.25, -0.2) is 0 Å². The lowest BCUT2D eigenvalue weighted by atomic mass is 9.69. The lowest BCUT2D eigenvalue weighted by Gasteiger charge is -2.39. The molecule has 0 unspecified atom stereocenters. The second-order valence-electron chi connectivity index (χ2n) is 6.61. The molecule has 0 radical (unpaired) electrons. The van der Waals surface area contributed by atoms with Crippen LogP contribution >= 0.6 is 0 Å². The summed E-state index contributed by atoms with van der Waals surface area (Å²) in [6.07, 6.45) is 5.17. The van der Waals surface area contributed by atoms with E-state index < -0.39 is 0 Å². The minimum atomic E-state index is -0.0745. The summed E-state index contributed by atoms with van der Waals surface area (Å²) in [6, 6.07) is 3.75. The van der Waals surface area contributed by atoms with Gasteiger partial charge in [0, 0.05) is 6.04 Å². The van der Waals surface area contributed by atoms with Crippen LogP contribution in [-0.4, -0.2) is 11.9 Å². The highest BCUT2D eigenvalue weighted by Gasteiger charge is 2.61. The van der Waals surface area contributed by atoms with Crippen molar-refractivity contribution in [3.05, 3.63) is 24.2 Å². The molecule has 3 rings (SSSR count). The monoisotopic (exact) mass is 247 g/mol. The third-order valence-electron chi connectivity index (χ3n) is 5.84. The van der Waals surface area contributed by atoms with Crippen molar-refractivity contribution in [2.24, 2.45) is 16.7 Å². The molecule has 2 bridgehead atoms. The first kappa shape index (κ1) is 11.8. The molecule has 0 aliphatic heterocycles. The van der Waals surface area contributed by atoms with Crippen LogP contribution in [0.25, 0.3) is 0 Å². The van der Waals surface area contributed by atoms with Crippen LogP contribution in [0.4, 0.5) is 0 Å². The number of amides is 1. The maximum absolute atomic E-state index is 12.1. The Labute approximate surface area is 108 Å². The highest BCUT2D eigenvalue weighted by atomic mass is 16.3. The predicted molar refractivity (Wildman–Crippen MR) is 69.2 cm³/mol. The summed E-state index contributed by atoms with van der Waals surface area (Å²) in [5, 5.41) is 3.18. The van der Waals surface area contributed by atoms with Gasteiger partial charge in [0.05, 0.1) is 6.26 Å². The summed E-state index contributed by atoms with van der Waals surface area (Å²) < 4.78 is 5.16. The van der Waals surface area contributed by atoms with Gasteiger partial charge >= 0.3 is 0 Å². The minimum Gasteiger partial charge on any atom is -0.459 e. The molecular formula is C15H21NO2. The number of fused-ring (bicyclic) bond motifs is 2. The van der Waals surface area contributed by atoms with Crippen molar-refractivity contribution in [1.82, 2.24) is 5.32 Å². The predicted octanol–water partition coefficient (Wildman–Crippen LogP) is 3.22. The van der Waals surface area contributed by atoms with Gasteiger partial charge in [-0.15, -0.1) is 0 Å². The summed E-state index contributed by atoms with van der Waals surface area (Å²) in [5.41, 5.74) is 0.550. The summed E-state index contributed by atoms with van der Waals surface area (Å²) in [6.45, 7) is 7.03. The number of rotatable bonds is 2. The number of hydrogen-bond acceptors (Lipinski definition) is 2. The molecule has 0 aromatic carbocycles. The largest absolute Gasteiger partial charge is 0.459 e. The quantitative estimate of drug-likeness (QED) is 0.871. The zero-order valence-electron chi connectivity index (χ0n) is 11.3. The molecule has 3 nitrogen and oxygen atoms in total. The van der Waals surface area contributed by atoms with E-state index in [2.05, 4.69) is 26.1 Å². The zero-order valence-corrected chi connectivity index (χ0v) is 11.3. The van der Waals surface area contributed by atoms with Crippen LogP contribution in [0, 0.1) is 16.7 Å². The van der Waals surface area contributed by atoms with E-state index in [0.29, 0.717) is 11.2 Å². The first-order valence-electron chi connectivity index (χ1n) is 6.79. The molecule has 2 aliphatic rings. The molecule has 0 spiro atoms. The van der Waals surface area contributed by atoms with Crippen LogP contribution in [0.2, 0.25) is 0 Å². The van der Waals surface area contributed by atoms with Crippen molar-refractivity contribution in [3.63, 3.8) is 0 Å². The second kappa shape index (κ2) is 3.62. The van der Waals surface area contributed by atoms with Crippen molar-refractivity contribution in [3.8, 4) is 0 Å². The lowest BCUT2D eigenvalue weighted by molar-refractivity contribution is 0.0801. The highest BCUT2D eigenvalue weighted by Crippen LogP contribution is 2.65. The van der Waals surface area contributed by atoms with Crippen LogP contribution in [-0.2, 0) is 0 Å². The Morgan fingerprint density at radius 1 is 1.44 bits per heavy atom. The van der Waals surface area contributed by atoms with E-state index >= 15 is 0 Å². The Hall–Kier alpha value is -1.25. The number of furan rings is 1. The zero-order chi connectivity index (χ0) is 13.0. The van der Waals surface area contributed by atoms with Crippen LogP contribution in [0.1, 0.15) is 50.6 Å². The van der Waals surface area contributed by atoms with Gasteiger partial charge in [0.2, 0.25) is 0 Å². The summed E-state index contributed by atoms with van der Waals surface area (Å²) in [5.74, 6) is 1.08. The molecule has 1 aromatic rings. The molecule has 98 valence electrons. The molecule has 1 aromatic heterocycles. The maximum Gasteiger partial charge on any atom is 0.287 e. The Bertz CT molecular complexity index is 463. The lowest BCUT2D eigenvalue weighted by Crippen LogP contribution is -2.46. The second-order valence-corrected chi connectivity index (χ2v) is 6.61. The molecule has 2 aliphatic carbocycles. The van der Waals surface area contributed by atoms with E-state index in [4.69, 9.17) is 4.42 Å². The average Bonchev–Trinajstić information content (AvgIpc) is 2.95. The van der Waals surface area contributed by atoms with Gasteiger partial charge in [-0.05, 0) is 48.1 Å². The fourth-order valence-electron chi connectivity index (χ4n) is 4.06. The first-order chi connectivity index (χ1) is 8.45. The van der Waals surface area contributed by atoms with E-state index in [-0.39, 0.29) is 17.4 Å². The first-order valence-corrected chi connectivity index (χ1v) is 6.79. The van der Waals surface area contributed by atoms with E-state index in [1.807, 2.05) is 0 Å². The van der Waals surface area contributed by atoms with Crippen molar-refractivity contribution < 1.29 is 9.21 Å². The summed E-state index contributed by atoms with van der Waals surface area (Å²) in [7, 11) is 0. The fraction of sp³-hybridized carbons (Fsp3) is 0.667. The van der Waals surface area contributed by atoms with Crippen molar-refractivity contribution >= 4 is 5.91 Å². The van der Waals surface area contributed by atoms with Crippen molar-refractivity contribution in [2.75, 3.05) is 0 Å². The summed E-state index contributed by atoms with van der Waals surface area (Å²) in [4.78, 5) is 12.1. The van der Waals surface area contributed by atoms with Crippen molar-refractivity contribution in [1.29, 1.82) is 0 Å². The van der Waals surface area contributed by atoms with Gasteiger partial charge in [-0.1, -0.05) is 20.8 Å². The fourth-order valence-corrected chi connectivity index (χ4v) is 4.06. The maximum atomic E-state index is 12.1. The molecule has 3 atom stereocenters. The van der Waals surface area contributed by atoms with Gasteiger partial charge in [-0.2, -0.15) is 0 Å². The molecule has 3 heteroatoms. The topological polar surface area (TPSA) is 42.2 Å². The normalized spacial score (nSPS) is 36.8. The van der Waals surface area contributed by atoms with E-state index in [9.17, 15) is 4.79 Å². The Balaban J connectivity index is 1.78. The molecule has 18 heavy (non-hydrogen) atoms. The third kappa shape index (κ3) is 1.39. The van der Waals surface area contributed by atoms with Crippen LogP contribution in [0.15, 0.2) is 22.8 Å². The third-order valence-corrected chi connectivity index (χ3v) is 5.84. The Kier molecular flexibility index (Phi) is 2.38. The molecule has 2 saturated carbocycles. The molecule has 1 N–H and O–H groups in total. The van der Waals surface area contributed by atoms with Crippen LogP contribution < -0.4 is 5.32 Å². The number of nitrogens with one attached hydrogen (secondary N) is 1. The molecule has 2 fully saturated rings. The molecular weight excluding hydrogens is 226 g/mol. The Morgan fingerprint density at radius 3 is 2.72 bits per heavy atom. The van der Waals surface area contributed by atoms with Gasteiger partial charge < -0.3 is 9.73 Å². The SMILES string of the molecule is CC1(C)[C@@H]2CC[C@]1(C)[C@@H](NC(=O)c1ccco1)C2. The van der Waals surface area contributed by atoms with Gasteiger partial charge in [0.1, 0.15) is 0 Å². The van der Waals surface area contributed by atoms with Crippen LogP contribution in [0.3, 0.4) is 0 Å². The van der Waals surface area contributed by atoms with Crippen LogP contribution in [0.5, 0.6) is 0 Å². The smallest absolute Gasteiger partial charge is 0.287 e. The standard InChI is InChI=1S/C15H21NO2/c1-14(2)10-6-7-15(14,3)12(9-10)16-13(17)11-5-4-8-18-11/h4-5,8,10,12H,6-7,9H2,1-3H3,(H,16,17)/t10-,12+,15-/m1/s1. The molecule has 1 amide bonds. The molecule has 1 heterocycles. The Morgan fingerprint density at radius 2 is 2.22 bits per heavy atom.